The molecule has 0 aliphatic carbocycles. The van der Waals surface area contributed by atoms with Gasteiger partial charge in [0.1, 0.15) is 0 Å². The maximum Gasteiger partial charge on any atom is 0.253 e. The number of piperidine rings is 1. The first kappa shape index (κ1) is 19.1. The van der Waals surface area contributed by atoms with E-state index in [4.69, 9.17) is 4.74 Å². The number of benzene rings is 1. The van der Waals surface area contributed by atoms with E-state index < -0.39 is 0 Å². The zero-order valence-electron chi connectivity index (χ0n) is 16.6. The normalized spacial score (nSPS) is 24.3. The van der Waals surface area contributed by atoms with Gasteiger partial charge >= 0.3 is 0 Å². The van der Waals surface area contributed by atoms with Crippen LogP contribution >= 0.6 is 0 Å². The minimum Gasteiger partial charge on any atom is -0.393 e. The van der Waals surface area contributed by atoms with Crippen molar-refractivity contribution in [3.63, 3.8) is 0 Å². The van der Waals surface area contributed by atoms with Crippen LogP contribution in [0, 0.1) is 13.8 Å². The Morgan fingerprint density at radius 1 is 1.14 bits per heavy atom. The Kier molecular flexibility index (Phi) is 5.21. The van der Waals surface area contributed by atoms with Gasteiger partial charge in [0.15, 0.2) is 0 Å². The highest BCUT2D eigenvalue weighted by Gasteiger charge is 2.44. The summed E-state index contributed by atoms with van der Waals surface area (Å²) in [5.41, 5.74) is 3.19. The molecule has 1 aromatic carbocycles. The highest BCUT2D eigenvalue weighted by atomic mass is 16.5. The Balaban J connectivity index is 1.45. The number of pyridine rings is 1. The summed E-state index contributed by atoms with van der Waals surface area (Å²) >= 11 is 0. The summed E-state index contributed by atoms with van der Waals surface area (Å²) in [5, 5.41) is 10.5. The molecule has 2 saturated heterocycles. The number of carbonyl (C=O) groups is 1. The van der Waals surface area contributed by atoms with E-state index in [2.05, 4.69) is 17.1 Å². The van der Waals surface area contributed by atoms with Crippen LogP contribution in [0.1, 0.15) is 59.1 Å². The molecule has 1 spiro atoms. The van der Waals surface area contributed by atoms with Crippen LogP contribution < -0.4 is 0 Å². The maximum atomic E-state index is 12.9. The molecule has 0 bridgehead atoms. The molecule has 4 rings (SSSR count). The second kappa shape index (κ2) is 7.64. The second-order valence-electron chi connectivity index (χ2n) is 8.22. The molecule has 5 nitrogen and oxygen atoms in total. The minimum absolute atomic E-state index is 0.0550. The smallest absolute Gasteiger partial charge is 0.253 e. The third kappa shape index (κ3) is 3.96. The van der Waals surface area contributed by atoms with E-state index in [1.165, 1.54) is 0 Å². The second-order valence-corrected chi connectivity index (χ2v) is 8.22. The minimum atomic E-state index is -0.369. The number of aliphatic hydroxyl groups is 1. The number of rotatable bonds is 2. The van der Waals surface area contributed by atoms with Gasteiger partial charge in [-0.3, -0.25) is 9.78 Å². The van der Waals surface area contributed by atoms with Crippen molar-refractivity contribution in [1.82, 2.24) is 9.88 Å². The molecule has 1 N–H and O–H groups in total. The number of hydrogen-bond acceptors (Lipinski definition) is 4. The van der Waals surface area contributed by atoms with Crippen molar-refractivity contribution >= 4 is 5.91 Å². The molecular weight excluding hydrogens is 352 g/mol. The highest BCUT2D eigenvalue weighted by Crippen LogP contribution is 2.43. The number of nitrogens with zero attached hydrogens (tertiary/aromatic N) is 2. The molecule has 28 heavy (non-hydrogen) atoms. The van der Waals surface area contributed by atoms with Crippen LogP contribution in [-0.4, -0.2) is 45.7 Å². The van der Waals surface area contributed by atoms with Crippen LogP contribution in [0.4, 0.5) is 0 Å². The Morgan fingerprint density at radius 3 is 2.43 bits per heavy atom. The number of aryl methyl sites for hydroxylation is 2. The van der Waals surface area contributed by atoms with Crippen LogP contribution in [0.5, 0.6) is 0 Å². The van der Waals surface area contributed by atoms with E-state index >= 15 is 0 Å². The van der Waals surface area contributed by atoms with Crippen molar-refractivity contribution in [2.24, 2.45) is 0 Å². The van der Waals surface area contributed by atoms with Gasteiger partial charge in [-0.2, -0.15) is 0 Å². The first-order valence-corrected chi connectivity index (χ1v) is 10.1. The fourth-order valence-corrected chi connectivity index (χ4v) is 4.61. The summed E-state index contributed by atoms with van der Waals surface area (Å²) in [5.74, 6) is 0.0550. The summed E-state index contributed by atoms with van der Waals surface area (Å²) in [6.07, 6.45) is 2.32. The molecule has 0 saturated carbocycles. The number of aliphatic hydroxyl groups excluding tert-OH is 1. The predicted octanol–water partition coefficient (Wildman–Crippen LogP) is 3.59. The standard InChI is InChI=1S/C23H28N2O3/c1-16-12-19(13-17(2)24-16)22(27)25-10-8-23(9-11-25)15-20(26)14-21(28-23)18-6-4-3-5-7-18/h3-7,12-13,20-21,26H,8-11,14-15H2,1-2H3/t20-,21+/m0/s1. The van der Waals surface area contributed by atoms with Crippen molar-refractivity contribution in [3.05, 3.63) is 65.0 Å². The largest absolute Gasteiger partial charge is 0.393 e. The van der Waals surface area contributed by atoms with E-state index in [0.717, 1.165) is 29.8 Å². The zero-order chi connectivity index (χ0) is 19.7. The monoisotopic (exact) mass is 380 g/mol. The van der Waals surface area contributed by atoms with Gasteiger partial charge in [0.05, 0.1) is 17.8 Å². The predicted molar refractivity (Wildman–Crippen MR) is 107 cm³/mol. The maximum absolute atomic E-state index is 12.9. The van der Waals surface area contributed by atoms with Gasteiger partial charge in [0, 0.05) is 42.9 Å². The van der Waals surface area contributed by atoms with E-state index in [9.17, 15) is 9.90 Å². The lowest BCUT2D eigenvalue weighted by molar-refractivity contribution is -0.181. The number of amides is 1. The Bertz CT molecular complexity index is 824. The highest BCUT2D eigenvalue weighted by molar-refractivity contribution is 5.94. The molecular formula is C23H28N2O3. The molecule has 2 aliphatic heterocycles. The number of ether oxygens (including phenoxy) is 1. The van der Waals surface area contributed by atoms with Gasteiger partial charge < -0.3 is 14.7 Å². The van der Waals surface area contributed by atoms with Gasteiger partial charge in [0.2, 0.25) is 0 Å². The lowest BCUT2D eigenvalue weighted by Crippen LogP contribution is -2.52. The average molecular weight is 380 g/mol. The van der Waals surface area contributed by atoms with E-state index in [0.29, 0.717) is 31.5 Å². The Labute approximate surface area is 166 Å². The Hall–Kier alpha value is -2.24. The molecule has 2 fully saturated rings. The number of carbonyl (C=O) groups excluding carboxylic acids is 1. The van der Waals surface area contributed by atoms with E-state index in [-0.39, 0.29) is 23.7 Å². The average Bonchev–Trinajstić information content (AvgIpc) is 2.67. The van der Waals surface area contributed by atoms with Crippen molar-refractivity contribution in [3.8, 4) is 0 Å². The van der Waals surface area contributed by atoms with Gasteiger partial charge in [0.25, 0.3) is 5.91 Å². The molecule has 2 atom stereocenters. The molecule has 3 heterocycles. The fourth-order valence-electron chi connectivity index (χ4n) is 4.61. The molecule has 5 heteroatoms. The van der Waals surface area contributed by atoms with Gasteiger partial charge in [-0.1, -0.05) is 30.3 Å². The topological polar surface area (TPSA) is 62.7 Å². The third-order valence-corrected chi connectivity index (χ3v) is 5.95. The first-order chi connectivity index (χ1) is 13.4. The molecule has 2 aliphatic rings. The molecule has 148 valence electrons. The number of hydrogen-bond donors (Lipinski definition) is 1. The van der Waals surface area contributed by atoms with E-state index in [1.54, 1.807) is 0 Å². The van der Waals surface area contributed by atoms with Crippen LogP contribution in [-0.2, 0) is 4.74 Å². The van der Waals surface area contributed by atoms with Crippen molar-refractivity contribution in [2.45, 2.75) is 57.3 Å². The summed E-state index contributed by atoms with van der Waals surface area (Å²) in [6.45, 7) is 5.12. The molecule has 2 aromatic rings. The van der Waals surface area contributed by atoms with Crippen molar-refractivity contribution in [1.29, 1.82) is 0 Å². The van der Waals surface area contributed by atoms with Crippen LogP contribution in [0.25, 0.3) is 0 Å². The zero-order valence-corrected chi connectivity index (χ0v) is 16.6. The van der Waals surface area contributed by atoms with E-state index in [1.807, 2.05) is 49.1 Å². The summed E-state index contributed by atoms with van der Waals surface area (Å²) in [6, 6.07) is 13.8. The quantitative estimate of drug-likeness (QED) is 0.865. The summed E-state index contributed by atoms with van der Waals surface area (Å²) < 4.78 is 6.54. The summed E-state index contributed by atoms with van der Waals surface area (Å²) in [7, 11) is 0. The van der Waals surface area contributed by atoms with Crippen molar-refractivity contribution in [2.75, 3.05) is 13.1 Å². The van der Waals surface area contributed by atoms with Gasteiger partial charge in [-0.15, -0.1) is 0 Å². The summed E-state index contributed by atoms with van der Waals surface area (Å²) in [4.78, 5) is 19.2. The lowest BCUT2D eigenvalue weighted by Gasteiger charge is -2.48. The third-order valence-electron chi connectivity index (χ3n) is 5.95. The molecule has 1 aromatic heterocycles. The van der Waals surface area contributed by atoms with Crippen molar-refractivity contribution < 1.29 is 14.6 Å². The van der Waals surface area contributed by atoms with Crippen LogP contribution in [0.2, 0.25) is 0 Å². The number of likely N-dealkylation sites (tertiary alicyclic amines) is 1. The van der Waals surface area contributed by atoms with Gasteiger partial charge in [-0.05, 0) is 44.4 Å². The van der Waals surface area contributed by atoms with Crippen LogP contribution in [0.3, 0.4) is 0 Å². The molecule has 0 unspecified atom stereocenters. The fraction of sp³-hybridized carbons (Fsp3) is 0.478. The van der Waals surface area contributed by atoms with Crippen LogP contribution in [0.15, 0.2) is 42.5 Å². The number of aromatic nitrogens is 1. The SMILES string of the molecule is Cc1cc(C(=O)N2CCC3(CC2)C[C@@H](O)C[C@H](c2ccccc2)O3)cc(C)n1. The first-order valence-electron chi connectivity index (χ1n) is 10.1. The Morgan fingerprint density at radius 2 is 1.79 bits per heavy atom. The molecule has 1 amide bonds. The molecule has 0 radical (unpaired) electrons. The lowest BCUT2D eigenvalue weighted by atomic mass is 9.81. The van der Waals surface area contributed by atoms with Gasteiger partial charge in [-0.25, -0.2) is 0 Å².